The molecule has 1 fully saturated rings. The van der Waals surface area contributed by atoms with E-state index in [0.29, 0.717) is 6.04 Å². The van der Waals surface area contributed by atoms with Crippen molar-refractivity contribution in [2.75, 3.05) is 13.2 Å². The van der Waals surface area contributed by atoms with Crippen LogP contribution in [0, 0.1) is 0 Å². The zero-order chi connectivity index (χ0) is 11.5. The predicted octanol–water partition coefficient (Wildman–Crippen LogP) is 2.70. The molecular weight excluding hydrogens is 210 g/mol. The molecule has 0 aliphatic carbocycles. The number of ether oxygens (including phenoxy) is 1. The van der Waals surface area contributed by atoms with E-state index in [0.717, 1.165) is 19.4 Å². The van der Waals surface area contributed by atoms with Crippen molar-refractivity contribution in [2.24, 2.45) is 0 Å². The second-order valence-electron chi connectivity index (χ2n) is 5.21. The van der Waals surface area contributed by atoms with Gasteiger partial charge in [0.15, 0.2) is 0 Å². The zero-order valence-electron chi connectivity index (χ0n) is 10.4. The van der Waals surface area contributed by atoms with Crippen molar-refractivity contribution in [3.63, 3.8) is 0 Å². The summed E-state index contributed by atoms with van der Waals surface area (Å²) in [6.45, 7) is 2.05. The van der Waals surface area contributed by atoms with Gasteiger partial charge in [-0.3, -0.25) is 0 Å². The van der Waals surface area contributed by atoms with E-state index >= 15 is 0 Å². The number of nitrogens with one attached hydrogen (secondary N) is 1. The molecular formula is C15H21NO. The number of benzene rings is 1. The second kappa shape index (κ2) is 5.09. The molecule has 17 heavy (non-hydrogen) atoms. The van der Waals surface area contributed by atoms with Gasteiger partial charge in [0.25, 0.3) is 0 Å². The molecule has 2 nitrogen and oxygen atoms in total. The third kappa shape index (κ3) is 2.47. The first-order valence-corrected chi connectivity index (χ1v) is 6.90. The maximum atomic E-state index is 5.77. The molecule has 0 saturated carbocycles. The molecule has 1 saturated heterocycles. The van der Waals surface area contributed by atoms with Gasteiger partial charge in [-0.1, -0.05) is 31.0 Å². The molecule has 1 N–H and O–H groups in total. The van der Waals surface area contributed by atoms with E-state index in [1.165, 1.54) is 49.1 Å². The van der Waals surface area contributed by atoms with E-state index in [-0.39, 0.29) is 0 Å². The number of fused-ring (bicyclic) bond motifs is 1. The quantitative estimate of drug-likeness (QED) is 0.845. The summed E-state index contributed by atoms with van der Waals surface area (Å²) in [4.78, 5) is 0. The van der Waals surface area contributed by atoms with Gasteiger partial charge in [-0.05, 0) is 36.9 Å². The highest BCUT2D eigenvalue weighted by Gasteiger charge is 2.19. The van der Waals surface area contributed by atoms with Crippen molar-refractivity contribution >= 4 is 0 Å². The predicted molar refractivity (Wildman–Crippen MR) is 69.6 cm³/mol. The van der Waals surface area contributed by atoms with Gasteiger partial charge in [-0.25, -0.2) is 0 Å². The average molecular weight is 231 g/mol. The highest BCUT2D eigenvalue weighted by Crippen LogP contribution is 2.30. The Hall–Kier alpha value is -1.02. The Morgan fingerprint density at radius 3 is 3.24 bits per heavy atom. The third-order valence-electron chi connectivity index (χ3n) is 3.92. The number of hydrogen-bond donors (Lipinski definition) is 1. The van der Waals surface area contributed by atoms with E-state index in [4.69, 9.17) is 4.74 Å². The minimum atomic E-state index is 0.646. The van der Waals surface area contributed by atoms with Crippen LogP contribution in [0.25, 0.3) is 0 Å². The number of para-hydroxylation sites is 1. The Balaban J connectivity index is 1.74. The molecule has 2 heteroatoms. The summed E-state index contributed by atoms with van der Waals surface area (Å²) in [6.07, 6.45) is 7.61. The lowest BCUT2D eigenvalue weighted by molar-refractivity contribution is 0.351. The SMILES string of the molecule is c1cc2c(c(CC3CCCCCN3)c1)OCC2. The molecule has 0 amide bonds. The lowest BCUT2D eigenvalue weighted by Crippen LogP contribution is -2.30. The molecule has 0 bridgehead atoms. The summed E-state index contributed by atoms with van der Waals surface area (Å²) in [5, 5.41) is 3.67. The van der Waals surface area contributed by atoms with Crippen molar-refractivity contribution in [3.05, 3.63) is 29.3 Å². The van der Waals surface area contributed by atoms with Crippen LogP contribution >= 0.6 is 0 Å². The minimum absolute atomic E-state index is 0.646. The van der Waals surface area contributed by atoms with Gasteiger partial charge in [0.2, 0.25) is 0 Å². The Morgan fingerprint density at radius 2 is 2.24 bits per heavy atom. The summed E-state index contributed by atoms with van der Waals surface area (Å²) in [6, 6.07) is 7.26. The fraction of sp³-hybridized carbons (Fsp3) is 0.600. The Labute approximate surface area is 103 Å². The van der Waals surface area contributed by atoms with E-state index in [2.05, 4.69) is 23.5 Å². The van der Waals surface area contributed by atoms with Gasteiger partial charge in [0.1, 0.15) is 5.75 Å². The van der Waals surface area contributed by atoms with Crippen LogP contribution in [0.1, 0.15) is 36.8 Å². The highest BCUT2D eigenvalue weighted by atomic mass is 16.5. The summed E-state index contributed by atoms with van der Waals surface area (Å²) in [5.74, 6) is 1.18. The van der Waals surface area contributed by atoms with Crippen LogP contribution in [-0.4, -0.2) is 19.2 Å². The van der Waals surface area contributed by atoms with E-state index in [9.17, 15) is 0 Å². The fourth-order valence-corrected chi connectivity index (χ4v) is 2.98. The summed E-state index contributed by atoms with van der Waals surface area (Å²) in [7, 11) is 0. The topological polar surface area (TPSA) is 21.3 Å². The minimum Gasteiger partial charge on any atom is -0.493 e. The van der Waals surface area contributed by atoms with Crippen LogP contribution < -0.4 is 10.1 Å². The first kappa shape index (κ1) is 11.1. The number of hydrogen-bond acceptors (Lipinski definition) is 2. The number of rotatable bonds is 2. The van der Waals surface area contributed by atoms with E-state index in [1.54, 1.807) is 0 Å². The molecule has 1 unspecified atom stereocenters. The lowest BCUT2D eigenvalue weighted by atomic mass is 9.99. The summed E-state index contributed by atoms with van der Waals surface area (Å²) in [5.41, 5.74) is 2.80. The molecule has 2 aliphatic rings. The monoisotopic (exact) mass is 231 g/mol. The van der Waals surface area contributed by atoms with Crippen LogP contribution in [0.4, 0.5) is 0 Å². The molecule has 0 spiro atoms. The molecule has 1 aromatic rings. The lowest BCUT2D eigenvalue weighted by Gasteiger charge is -2.17. The maximum absolute atomic E-state index is 5.77. The smallest absolute Gasteiger partial charge is 0.125 e. The standard InChI is InChI=1S/C15H21NO/c1-2-7-14(16-9-3-1)11-13-6-4-5-12-8-10-17-15(12)13/h4-6,14,16H,1-3,7-11H2. The van der Waals surface area contributed by atoms with Gasteiger partial charge < -0.3 is 10.1 Å². The van der Waals surface area contributed by atoms with Crippen LogP contribution in [0.15, 0.2) is 18.2 Å². The van der Waals surface area contributed by atoms with Crippen LogP contribution in [0.2, 0.25) is 0 Å². The first-order chi connectivity index (χ1) is 8.43. The Kier molecular flexibility index (Phi) is 3.32. The fourth-order valence-electron chi connectivity index (χ4n) is 2.98. The van der Waals surface area contributed by atoms with Crippen LogP contribution in [0.5, 0.6) is 5.75 Å². The normalized spacial score (nSPS) is 23.9. The first-order valence-electron chi connectivity index (χ1n) is 6.90. The van der Waals surface area contributed by atoms with Crippen molar-refractivity contribution in [2.45, 2.75) is 44.6 Å². The Bertz CT molecular complexity index is 381. The second-order valence-corrected chi connectivity index (χ2v) is 5.21. The largest absolute Gasteiger partial charge is 0.493 e. The molecule has 1 atom stereocenters. The molecule has 0 aromatic heterocycles. The molecule has 2 aliphatic heterocycles. The van der Waals surface area contributed by atoms with Crippen LogP contribution in [-0.2, 0) is 12.8 Å². The van der Waals surface area contributed by atoms with Crippen molar-refractivity contribution in [1.82, 2.24) is 5.32 Å². The van der Waals surface area contributed by atoms with Crippen molar-refractivity contribution in [3.8, 4) is 5.75 Å². The van der Waals surface area contributed by atoms with Gasteiger partial charge >= 0.3 is 0 Å². The van der Waals surface area contributed by atoms with Gasteiger partial charge in [0.05, 0.1) is 6.61 Å². The van der Waals surface area contributed by atoms with E-state index in [1.807, 2.05) is 0 Å². The van der Waals surface area contributed by atoms with E-state index < -0.39 is 0 Å². The van der Waals surface area contributed by atoms with Gasteiger partial charge in [-0.15, -0.1) is 0 Å². The molecule has 92 valence electrons. The average Bonchev–Trinajstić information content (AvgIpc) is 2.69. The van der Waals surface area contributed by atoms with Gasteiger partial charge in [0, 0.05) is 12.5 Å². The molecule has 0 radical (unpaired) electrons. The van der Waals surface area contributed by atoms with Crippen molar-refractivity contribution in [1.29, 1.82) is 0 Å². The highest BCUT2D eigenvalue weighted by molar-refractivity contribution is 5.44. The Morgan fingerprint density at radius 1 is 1.24 bits per heavy atom. The zero-order valence-corrected chi connectivity index (χ0v) is 10.4. The summed E-state index contributed by atoms with van der Waals surface area (Å²) < 4.78 is 5.77. The van der Waals surface area contributed by atoms with Crippen molar-refractivity contribution < 1.29 is 4.74 Å². The summed E-state index contributed by atoms with van der Waals surface area (Å²) >= 11 is 0. The van der Waals surface area contributed by atoms with Gasteiger partial charge in [-0.2, -0.15) is 0 Å². The molecule has 1 aromatic carbocycles. The van der Waals surface area contributed by atoms with Crippen LogP contribution in [0.3, 0.4) is 0 Å². The third-order valence-corrected chi connectivity index (χ3v) is 3.92. The maximum Gasteiger partial charge on any atom is 0.125 e. The molecule has 2 heterocycles. The molecule has 3 rings (SSSR count).